The molecule has 0 saturated carbocycles. The molecule has 2 aliphatic heterocycles. The van der Waals surface area contributed by atoms with Gasteiger partial charge in [0.2, 0.25) is 5.91 Å². The van der Waals surface area contributed by atoms with E-state index in [1.807, 2.05) is 17.0 Å². The summed E-state index contributed by atoms with van der Waals surface area (Å²) < 4.78 is 10.6. The van der Waals surface area contributed by atoms with Gasteiger partial charge in [0.1, 0.15) is 0 Å². The number of hydrogen-bond donors (Lipinski definition) is 0. The fraction of sp³-hybridized carbons (Fsp3) is 0.429. The van der Waals surface area contributed by atoms with E-state index in [4.69, 9.17) is 9.15 Å². The van der Waals surface area contributed by atoms with Crippen LogP contribution in [0.15, 0.2) is 47.1 Å². The third kappa shape index (κ3) is 4.20. The summed E-state index contributed by atoms with van der Waals surface area (Å²) in [6.07, 6.45) is 1.88. The van der Waals surface area contributed by atoms with Crippen LogP contribution in [-0.2, 0) is 16.0 Å². The molecule has 3 heterocycles. The van der Waals surface area contributed by atoms with Gasteiger partial charge in [-0.25, -0.2) is 0 Å². The number of piperazine rings is 1. The molecule has 0 unspecified atom stereocenters. The summed E-state index contributed by atoms with van der Waals surface area (Å²) in [5, 5.41) is 0. The van der Waals surface area contributed by atoms with Gasteiger partial charge >= 0.3 is 0 Å². The van der Waals surface area contributed by atoms with Crippen molar-refractivity contribution in [2.24, 2.45) is 0 Å². The summed E-state index contributed by atoms with van der Waals surface area (Å²) in [6.45, 7) is 5.48. The van der Waals surface area contributed by atoms with Gasteiger partial charge in [0.25, 0.3) is 5.91 Å². The van der Waals surface area contributed by atoms with E-state index in [1.165, 1.54) is 12.0 Å². The Labute approximate surface area is 164 Å². The minimum absolute atomic E-state index is 0.101. The molecule has 1 aromatic carbocycles. The Bertz CT molecular complexity index is 790. The molecule has 0 atom stereocenters. The first-order valence-electron chi connectivity index (χ1n) is 9.73. The van der Waals surface area contributed by atoms with E-state index >= 15 is 0 Å². The molecule has 2 amide bonds. The molecule has 2 aromatic rings. The lowest BCUT2D eigenvalue weighted by atomic mass is 10.1. The summed E-state index contributed by atoms with van der Waals surface area (Å²) in [5.74, 6) is 0.333. The fourth-order valence-electron chi connectivity index (χ4n) is 3.65. The number of furan rings is 1. The van der Waals surface area contributed by atoms with Crippen LogP contribution in [-0.4, -0.2) is 74.1 Å². The van der Waals surface area contributed by atoms with Crippen molar-refractivity contribution in [2.75, 3.05) is 57.4 Å². The average molecular weight is 383 g/mol. The Morgan fingerprint density at radius 2 is 1.54 bits per heavy atom. The Morgan fingerprint density at radius 1 is 0.857 bits per heavy atom. The lowest BCUT2D eigenvalue weighted by Gasteiger charge is -2.34. The summed E-state index contributed by atoms with van der Waals surface area (Å²) >= 11 is 0. The molecule has 0 aliphatic carbocycles. The SMILES string of the molecule is O=C(Cc1ccc(N2CCOCC2)cc1)N1CCN(C(=O)c2ccco2)CC1. The number of hydrogen-bond acceptors (Lipinski definition) is 5. The molecule has 0 bridgehead atoms. The average Bonchev–Trinajstić information content (AvgIpc) is 3.29. The highest BCUT2D eigenvalue weighted by molar-refractivity contribution is 5.91. The maximum Gasteiger partial charge on any atom is 0.289 e. The van der Waals surface area contributed by atoms with Crippen molar-refractivity contribution in [1.82, 2.24) is 9.80 Å². The van der Waals surface area contributed by atoms with Crippen molar-refractivity contribution in [2.45, 2.75) is 6.42 Å². The lowest BCUT2D eigenvalue weighted by Crippen LogP contribution is -2.50. The monoisotopic (exact) mass is 383 g/mol. The summed E-state index contributed by atoms with van der Waals surface area (Å²) in [4.78, 5) is 30.8. The fourth-order valence-corrected chi connectivity index (χ4v) is 3.65. The van der Waals surface area contributed by atoms with Gasteiger partial charge in [0.05, 0.1) is 25.9 Å². The van der Waals surface area contributed by atoms with Crippen molar-refractivity contribution in [3.63, 3.8) is 0 Å². The van der Waals surface area contributed by atoms with Crippen LogP contribution in [0.4, 0.5) is 5.69 Å². The Kier molecular flexibility index (Phi) is 5.62. The van der Waals surface area contributed by atoms with Crippen LogP contribution >= 0.6 is 0 Å². The van der Waals surface area contributed by atoms with Gasteiger partial charge in [-0.1, -0.05) is 12.1 Å². The second-order valence-corrected chi connectivity index (χ2v) is 7.09. The minimum atomic E-state index is -0.115. The van der Waals surface area contributed by atoms with E-state index < -0.39 is 0 Å². The third-order valence-electron chi connectivity index (χ3n) is 5.32. The predicted molar refractivity (Wildman–Crippen MR) is 104 cm³/mol. The van der Waals surface area contributed by atoms with Crippen LogP contribution in [0.3, 0.4) is 0 Å². The molecule has 28 heavy (non-hydrogen) atoms. The number of carbonyl (C=O) groups is 2. The van der Waals surface area contributed by atoms with E-state index in [0.29, 0.717) is 38.4 Å². The standard InChI is InChI=1S/C21H25N3O4/c25-20(16-17-3-5-18(6-4-17)22-11-14-27-15-12-22)23-7-9-24(10-8-23)21(26)19-2-1-13-28-19/h1-6,13H,7-12,14-16H2. The Morgan fingerprint density at radius 3 is 2.18 bits per heavy atom. The van der Waals surface area contributed by atoms with Gasteiger partial charge in [-0.05, 0) is 29.8 Å². The number of ether oxygens (including phenoxy) is 1. The Hall–Kier alpha value is -2.80. The Balaban J connectivity index is 1.28. The number of rotatable bonds is 4. The van der Waals surface area contributed by atoms with Crippen molar-refractivity contribution in [3.8, 4) is 0 Å². The number of amides is 2. The van der Waals surface area contributed by atoms with Gasteiger partial charge in [-0.3, -0.25) is 9.59 Å². The molecule has 2 fully saturated rings. The molecule has 2 aliphatic rings. The zero-order chi connectivity index (χ0) is 19.3. The van der Waals surface area contributed by atoms with E-state index in [-0.39, 0.29) is 11.8 Å². The van der Waals surface area contributed by atoms with Crippen LogP contribution in [0.2, 0.25) is 0 Å². The van der Waals surface area contributed by atoms with E-state index in [9.17, 15) is 9.59 Å². The van der Waals surface area contributed by atoms with Gasteiger partial charge in [0.15, 0.2) is 5.76 Å². The van der Waals surface area contributed by atoms with Gasteiger partial charge in [-0.2, -0.15) is 0 Å². The van der Waals surface area contributed by atoms with Crippen molar-refractivity contribution in [3.05, 3.63) is 54.0 Å². The van der Waals surface area contributed by atoms with Crippen molar-refractivity contribution < 1.29 is 18.7 Å². The van der Waals surface area contributed by atoms with Crippen molar-refractivity contribution >= 4 is 17.5 Å². The second-order valence-electron chi connectivity index (χ2n) is 7.09. The topological polar surface area (TPSA) is 66.2 Å². The highest BCUT2D eigenvalue weighted by Gasteiger charge is 2.26. The van der Waals surface area contributed by atoms with Crippen LogP contribution < -0.4 is 4.90 Å². The highest BCUT2D eigenvalue weighted by atomic mass is 16.5. The van der Waals surface area contributed by atoms with E-state index in [0.717, 1.165) is 31.9 Å². The number of benzene rings is 1. The third-order valence-corrected chi connectivity index (χ3v) is 5.32. The molecule has 7 heteroatoms. The first-order chi connectivity index (χ1) is 13.7. The molecular formula is C21H25N3O4. The normalized spacial score (nSPS) is 17.6. The number of morpholine rings is 1. The van der Waals surface area contributed by atoms with E-state index in [2.05, 4.69) is 17.0 Å². The summed E-state index contributed by atoms with van der Waals surface area (Å²) in [6, 6.07) is 11.6. The molecule has 4 rings (SSSR count). The highest BCUT2D eigenvalue weighted by Crippen LogP contribution is 2.18. The van der Waals surface area contributed by atoms with Gasteiger partial charge < -0.3 is 23.9 Å². The van der Waals surface area contributed by atoms with Crippen LogP contribution in [0.1, 0.15) is 16.1 Å². The number of carbonyl (C=O) groups excluding carboxylic acids is 2. The van der Waals surface area contributed by atoms with Crippen LogP contribution in [0.5, 0.6) is 0 Å². The molecule has 0 radical (unpaired) electrons. The predicted octanol–water partition coefficient (Wildman–Crippen LogP) is 1.64. The van der Waals surface area contributed by atoms with E-state index in [1.54, 1.807) is 17.0 Å². The smallest absolute Gasteiger partial charge is 0.289 e. The molecular weight excluding hydrogens is 358 g/mol. The molecule has 0 N–H and O–H groups in total. The zero-order valence-electron chi connectivity index (χ0n) is 15.9. The number of nitrogens with zero attached hydrogens (tertiary/aromatic N) is 3. The van der Waals surface area contributed by atoms with Gasteiger partial charge in [0, 0.05) is 45.0 Å². The maximum atomic E-state index is 12.6. The van der Waals surface area contributed by atoms with Crippen LogP contribution in [0, 0.1) is 0 Å². The lowest BCUT2D eigenvalue weighted by molar-refractivity contribution is -0.131. The number of anilines is 1. The van der Waals surface area contributed by atoms with Gasteiger partial charge in [-0.15, -0.1) is 0 Å². The quantitative estimate of drug-likeness (QED) is 0.803. The zero-order valence-corrected chi connectivity index (χ0v) is 15.9. The second kappa shape index (κ2) is 8.48. The molecule has 7 nitrogen and oxygen atoms in total. The largest absolute Gasteiger partial charge is 0.459 e. The summed E-state index contributed by atoms with van der Waals surface area (Å²) in [7, 11) is 0. The first-order valence-corrected chi connectivity index (χ1v) is 9.73. The molecule has 0 spiro atoms. The molecule has 148 valence electrons. The first kappa shape index (κ1) is 18.6. The van der Waals surface area contributed by atoms with Crippen molar-refractivity contribution in [1.29, 1.82) is 0 Å². The molecule has 2 saturated heterocycles. The van der Waals surface area contributed by atoms with Crippen LogP contribution in [0.25, 0.3) is 0 Å². The maximum absolute atomic E-state index is 12.6. The minimum Gasteiger partial charge on any atom is -0.459 e. The summed E-state index contributed by atoms with van der Waals surface area (Å²) in [5.41, 5.74) is 2.18. The molecule has 1 aromatic heterocycles.